The summed E-state index contributed by atoms with van der Waals surface area (Å²) < 4.78 is 0. The number of hydrogen-bond acceptors (Lipinski definition) is 1. The van der Waals surface area contributed by atoms with E-state index in [2.05, 4.69) is 0 Å². The maximum atomic E-state index is 10.5. The molecule has 2 nitrogen and oxygen atoms in total. The molecule has 47 valence electrons. The standard InChI is InChI=1S/C7H7O2/c8-5-6-1-3-7(9)4-2-6/h1-4,8H,5H2. The zero-order valence-electron chi connectivity index (χ0n) is 4.87. The second-order valence-electron chi connectivity index (χ2n) is 1.80. The molecule has 0 aliphatic heterocycles. The summed E-state index contributed by atoms with van der Waals surface area (Å²) in [6, 6.07) is 6.10. The van der Waals surface area contributed by atoms with Crippen molar-refractivity contribution >= 4 is 0 Å². The van der Waals surface area contributed by atoms with Gasteiger partial charge in [0.1, 0.15) is 0 Å². The van der Waals surface area contributed by atoms with Crippen LogP contribution in [0.5, 0.6) is 5.75 Å². The monoisotopic (exact) mass is 123 g/mol. The topological polar surface area (TPSA) is 40.1 Å². The molecule has 0 aliphatic rings. The molecule has 0 aliphatic carbocycles. The summed E-state index contributed by atoms with van der Waals surface area (Å²) in [5, 5.41) is 19.0. The van der Waals surface area contributed by atoms with Crippen LogP contribution in [-0.4, -0.2) is 5.11 Å². The first-order valence-corrected chi connectivity index (χ1v) is 2.70. The number of rotatable bonds is 1. The van der Waals surface area contributed by atoms with Gasteiger partial charge in [0, 0.05) is 0 Å². The second-order valence-corrected chi connectivity index (χ2v) is 1.80. The molecule has 0 saturated heterocycles. The summed E-state index contributed by atoms with van der Waals surface area (Å²) in [4.78, 5) is 0. The lowest BCUT2D eigenvalue weighted by molar-refractivity contribution is 0.281. The Labute approximate surface area is 53.4 Å². The Kier molecular flexibility index (Phi) is 1.70. The summed E-state index contributed by atoms with van der Waals surface area (Å²) in [7, 11) is 0. The molecule has 0 amide bonds. The highest BCUT2D eigenvalue weighted by molar-refractivity contribution is 5.24. The van der Waals surface area contributed by atoms with Crippen molar-refractivity contribution in [1.29, 1.82) is 0 Å². The quantitative estimate of drug-likeness (QED) is 0.601. The fourth-order valence-corrected chi connectivity index (χ4v) is 0.595. The molecule has 0 bridgehead atoms. The van der Waals surface area contributed by atoms with Gasteiger partial charge in [-0.25, -0.2) is 0 Å². The van der Waals surface area contributed by atoms with Crippen LogP contribution in [0.1, 0.15) is 5.56 Å². The molecule has 0 spiro atoms. The van der Waals surface area contributed by atoms with Crippen LogP contribution in [0.25, 0.3) is 0 Å². The second kappa shape index (κ2) is 2.51. The normalized spacial score (nSPS) is 9.44. The predicted octanol–water partition coefficient (Wildman–Crippen LogP) is 1.32. The molecule has 1 aromatic carbocycles. The van der Waals surface area contributed by atoms with E-state index in [0.717, 1.165) is 5.56 Å². The predicted molar refractivity (Wildman–Crippen MR) is 32.5 cm³/mol. The number of benzene rings is 1. The number of aliphatic hydroxyl groups is 1. The number of hydrogen-bond donors (Lipinski definition) is 1. The minimum atomic E-state index is -0.0211. The van der Waals surface area contributed by atoms with Crippen molar-refractivity contribution in [3.8, 4) is 5.75 Å². The van der Waals surface area contributed by atoms with Crippen LogP contribution in [0.3, 0.4) is 0 Å². The molecule has 1 N–H and O–H groups in total. The smallest absolute Gasteiger partial charge is 0.178 e. The Bertz CT molecular complexity index is 179. The van der Waals surface area contributed by atoms with Gasteiger partial charge < -0.3 is 5.11 Å². The van der Waals surface area contributed by atoms with Gasteiger partial charge >= 0.3 is 0 Å². The summed E-state index contributed by atoms with van der Waals surface area (Å²) >= 11 is 0. The summed E-state index contributed by atoms with van der Waals surface area (Å²) in [6.45, 7) is 0.000278. The fraction of sp³-hybridized carbons (Fsp3) is 0.143. The lowest BCUT2D eigenvalue weighted by Gasteiger charge is -1.91. The summed E-state index contributed by atoms with van der Waals surface area (Å²) in [5.74, 6) is -0.0211. The van der Waals surface area contributed by atoms with Gasteiger partial charge in [-0.1, -0.05) is 12.1 Å². The molecule has 0 saturated carbocycles. The van der Waals surface area contributed by atoms with Gasteiger partial charge in [0.25, 0.3) is 0 Å². The third kappa shape index (κ3) is 1.44. The van der Waals surface area contributed by atoms with E-state index in [-0.39, 0.29) is 12.4 Å². The lowest BCUT2D eigenvalue weighted by atomic mass is 10.2. The molecule has 9 heavy (non-hydrogen) atoms. The van der Waals surface area contributed by atoms with Gasteiger partial charge in [0.15, 0.2) is 5.75 Å². The van der Waals surface area contributed by atoms with Crippen LogP contribution in [0.4, 0.5) is 0 Å². The van der Waals surface area contributed by atoms with Crippen molar-refractivity contribution in [1.82, 2.24) is 0 Å². The Morgan fingerprint density at radius 3 is 2.22 bits per heavy atom. The Hall–Kier alpha value is -1.02. The van der Waals surface area contributed by atoms with Crippen molar-refractivity contribution in [3.63, 3.8) is 0 Å². The van der Waals surface area contributed by atoms with Crippen LogP contribution in [0.15, 0.2) is 24.3 Å². The van der Waals surface area contributed by atoms with Gasteiger partial charge in [-0.15, -0.1) is 0 Å². The molecule has 0 aromatic heterocycles. The molecule has 1 radical (unpaired) electrons. The average Bonchev–Trinajstić information content (AvgIpc) is 1.90. The van der Waals surface area contributed by atoms with Gasteiger partial charge in [-0.2, -0.15) is 0 Å². The summed E-state index contributed by atoms with van der Waals surface area (Å²) in [6.07, 6.45) is 0. The fourth-order valence-electron chi connectivity index (χ4n) is 0.595. The molecule has 1 rings (SSSR count). The van der Waals surface area contributed by atoms with Crippen molar-refractivity contribution in [2.45, 2.75) is 6.61 Å². The van der Waals surface area contributed by atoms with E-state index in [9.17, 15) is 5.11 Å². The molecular weight excluding hydrogens is 116 g/mol. The largest absolute Gasteiger partial charge is 0.392 e. The van der Waals surface area contributed by atoms with Crippen LogP contribution in [0.2, 0.25) is 0 Å². The highest BCUT2D eigenvalue weighted by Crippen LogP contribution is 2.09. The lowest BCUT2D eigenvalue weighted by Crippen LogP contribution is -1.78. The van der Waals surface area contributed by atoms with E-state index in [1.54, 1.807) is 12.1 Å². The van der Waals surface area contributed by atoms with E-state index >= 15 is 0 Å². The Morgan fingerprint density at radius 1 is 1.22 bits per heavy atom. The Morgan fingerprint density at radius 2 is 1.78 bits per heavy atom. The van der Waals surface area contributed by atoms with Crippen LogP contribution >= 0.6 is 0 Å². The van der Waals surface area contributed by atoms with E-state index in [0.29, 0.717) is 0 Å². The van der Waals surface area contributed by atoms with E-state index < -0.39 is 0 Å². The first-order valence-electron chi connectivity index (χ1n) is 2.70. The SMILES string of the molecule is [O]c1ccc(CO)cc1. The van der Waals surface area contributed by atoms with Crippen LogP contribution < -0.4 is 0 Å². The minimum absolute atomic E-state index is 0.000278. The molecule has 0 atom stereocenters. The van der Waals surface area contributed by atoms with Crippen LogP contribution in [-0.2, 0) is 11.7 Å². The zero-order valence-corrected chi connectivity index (χ0v) is 4.87. The molecular formula is C7H7O2. The third-order valence-electron chi connectivity index (χ3n) is 1.11. The van der Waals surface area contributed by atoms with Gasteiger partial charge in [-0.05, 0) is 17.7 Å². The van der Waals surface area contributed by atoms with Crippen molar-refractivity contribution in [2.75, 3.05) is 0 Å². The van der Waals surface area contributed by atoms with Gasteiger partial charge in [0.05, 0.1) is 6.61 Å². The van der Waals surface area contributed by atoms with Gasteiger partial charge in [-0.3, -0.25) is 5.11 Å². The molecule has 0 heterocycles. The molecule has 0 unspecified atom stereocenters. The van der Waals surface area contributed by atoms with Crippen molar-refractivity contribution in [2.24, 2.45) is 0 Å². The molecule has 0 fully saturated rings. The Balaban J connectivity index is 2.88. The molecule has 2 heteroatoms. The summed E-state index contributed by atoms with van der Waals surface area (Å²) in [5.41, 5.74) is 0.773. The van der Waals surface area contributed by atoms with Gasteiger partial charge in [0.2, 0.25) is 0 Å². The van der Waals surface area contributed by atoms with E-state index in [4.69, 9.17) is 5.11 Å². The first kappa shape index (κ1) is 6.11. The third-order valence-corrected chi connectivity index (χ3v) is 1.11. The average molecular weight is 123 g/mol. The first-order chi connectivity index (χ1) is 4.33. The minimum Gasteiger partial charge on any atom is -0.392 e. The maximum Gasteiger partial charge on any atom is 0.178 e. The number of aliphatic hydroxyl groups excluding tert-OH is 1. The van der Waals surface area contributed by atoms with Crippen molar-refractivity contribution in [3.05, 3.63) is 29.8 Å². The highest BCUT2D eigenvalue weighted by atomic mass is 16.3. The van der Waals surface area contributed by atoms with E-state index in [1.165, 1.54) is 12.1 Å². The van der Waals surface area contributed by atoms with Crippen LogP contribution in [0, 0.1) is 0 Å². The van der Waals surface area contributed by atoms with Crippen molar-refractivity contribution < 1.29 is 10.2 Å². The maximum absolute atomic E-state index is 10.5. The molecule has 1 aromatic rings. The highest BCUT2D eigenvalue weighted by Gasteiger charge is 1.89. The van der Waals surface area contributed by atoms with E-state index in [1.807, 2.05) is 0 Å². The zero-order chi connectivity index (χ0) is 6.69.